The van der Waals surface area contributed by atoms with Crippen molar-refractivity contribution < 1.29 is 0 Å². The van der Waals surface area contributed by atoms with E-state index in [0.717, 1.165) is 38.1 Å². The van der Waals surface area contributed by atoms with E-state index >= 15 is 0 Å². The van der Waals surface area contributed by atoms with Crippen molar-refractivity contribution in [2.75, 3.05) is 20.1 Å². The molecule has 22 heavy (non-hydrogen) atoms. The number of aromatic nitrogens is 2. The van der Waals surface area contributed by atoms with Gasteiger partial charge in [-0.2, -0.15) is 0 Å². The summed E-state index contributed by atoms with van der Waals surface area (Å²) in [6.45, 7) is 15.8. The third kappa shape index (κ3) is 5.68. The van der Waals surface area contributed by atoms with Crippen LogP contribution in [-0.2, 0) is 19.3 Å². The maximum Gasteiger partial charge on any atom is 0.128 e. The molecule has 1 aromatic rings. The average Bonchev–Trinajstić information content (AvgIpc) is 2.44. The molecule has 0 aliphatic heterocycles. The van der Waals surface area contributed by atoms with Gasteiger partial charge < -0.3 is 4.90 Å². The van der Waals surface area contributed by atoms with E-state index in [0.29, 0.717) is 5.41 Å². The second-order valence-corrected chi connectivity index (χ2v) is 7.26. The molecule has 0 bridgehead atoms. The van der Waals surface area contributed by atoms with Crippen molar-refractivity contribution in [2.24, 2.45) is 5.41 Å². The Bertz CT molecular complexity index is 466. The zero-order valence-corrected chi connectivity index (χ0v) is 15.8. The van der Waals surface area contributed by atoms with Crippen LogP contribution < -0.4 is 0 Å². The number of rotatable bonds is 9. The lowest BCUT2D eigenvalue weighted by Gasteiger charge is -2.30. The van der Waals surface area contributed by atoms with Crippen LogP contribution in [0.1, 0.15) is 70.2 Å². The molecular formula is C19H35N3. The first kappa shape index (κ1) is 19.1. The second-order valence-electron chi connectivity index (χ2n) is 7.26. The van der Waals surface area contributed by atoms with Gasteiger partial charge in [-0.15, -0.1) is 0 Å². The number of aryl methyl sites for hydroxylation is 3. The van der Waals surface area contributed by atoms with Crippen molar-refractivity contribution in [2.45, 2.75) is 73.6 Å². The number of hydrogen-bond acceptors (Lipinski definition) is 3. The van der Waals surface area contributed by atoms with Gasteiger partial charge in [-0.1, -0.05) is 34.6 Å². The molecule has 0 unspecified atom stereocenters. The van der Waals surface area contributed by atoms with E-state index in [1.54, 1.807) is 0 Å². The summed E-state index contributed by atoms with van der Waals surface area (Å²) in [6.07, 6.45) is 5.36. The van der Waals surface area contributed by atoms with Crippen LogP contribution in [0.25, 0.3) is 0 Å². The Morgan fingerprint density at radius 3 is 2.27 bits per heavy atom. The molecule has 0 fully saturated rings. The highest BCUT2D eigenvalue weighted by molar-refractivity contribution is 5.25. The van der Waals surface area contributed by atoms with Crippen LogP contribution >= 0.6 is 0 Å². The minimum Gasteiger partial charge on any atom is -0.306 e. The van der Waals surface area contributed by atoms with Gasteiger partial charge in [0.05, 0.1) is 0 Å². The molecule has 1 aromatic heterocycles. The van der Waals surface area contributed by atoms with Gasteiger partial charge in [-0.25, -0.2) is 9.97 Å². The average molecular weight is 306 g/mol. The third-order valence-corrected chi connectivity index (χ3v) is 4.36. The van der Waals surface area contributed by atoms with Gasteiger partial charge >= 0.3 is 0 Å². The first-order valence-corrected chi connectivity index (χ1v) is 8.86. The van der Waals surface area contributed by atoms with Crippen LogP contribution in [0.2, 0.25) is 0 Å². The summed E-state index contributed by atoms with van der Waals surface area (Å²) < 4.78 is 0. The van der Waals surface area contributed by atoms with Gasteiger partial charge in [0.2, 0.25) is 0 Å². The summed E-state index contributed by atoms with van der Waals surface area (Å²) in [4.78, 5) is 12.0. The molecule has 126 valence electrons. The van der Waals surface area contributed by atoms with Crippen LogP contribution in [0, 0.1) is 12.3 Å². The summed E-state index contributed by atoms with van der Waals surface area (Å²) in [5.41, 5.74) is 4.06. The van der Waals surface area contributed by atoms with Gasteiger partial charge in [0, 0.05) is 24.4 Å². The number of nitrogens with zero attached hydrogens (tertiary/aromatic N) is 3. The maximum atomic E-state index is 4.82. The van der Waals surface area contributed by atoms with E-state index in [4.69, 9.17) is 9.97 Å². The molecule has 3 heteroatoms. The lowest BCUT2D eigenvalue weighted by atomic mass is 9.87. The molecule has 1 heterocycles. The summed E-state index contributed by atoms with van der Waals surface area (Å²) in [7, 11) is 2.22. The summed E-state index contributed by atoms with van der Waals surface area (Å²) in [5.74, 6) is 1.03. The fraction of sp³-hybridized carbons (Fsp3) is 0.789. The molecule has 0 aromatic carbocycles. The highest BCUT2D eigenvalue weighted by Crippen LogP contribution is 2.24. The smallest absolute Gasteiger partial charge is 0.128 e. The highest BCUT2D eigenvalue weighted by Gasteiger charge is 2.21. The highest BCUT2D eigenvalue weighted by atomic mass is 15.1. The molecular weight excluding hydrogens is 270 g/mol. The quantitative estimate of drug-likeness (QED) is 0.684. The standard InChI is InChI=1S/C19H35N3/c1-8-13-22(7)14-19(5,6)12-11-18-20-15(4)16(9-2)17(10-3)21-18/h8-14H2,1-7H3. The summed E-state index contributed by atoms with van der Waals surface area (Å²) in [6, 6.07) is 0. The fourth-order valence-electron chi connectivity index (χ4n) is 3.30. The van der Waals surface area contributed by atoms with Crippen molar-refractivity contribution in [3.63, 3.8) is 0 Å². The summed E-state index contributed by atoms with van der Waals surface area (Å²) in [5, 5.41) is 0. The Labute approximate surface area is 137 Å². The zero-order valence-electron chi connectivity index (χ0n) is 15.8. The maximum absolute atomic E-state index is 4.82. The molecule has 0 amide bonds. The van der Waals surface area contributed by atoms with Crippen LogP contribution in [0.4, 0.5) is 0 Å². The zero-order chi connectivity index (χ0) is 16.8. The topological polar surface area (TPSA) is 29.0 Å². The third-order valence-electron chi connectivity index (χ3n) is 4.36. The largest absolute Gasteiger partial charge is 0.306 e. The molecule has 0 saturated carbocycles. The van der Waals surface area contributed by atoms with E-state index < -0.39 is 0 Å². The molecule has 0 aliphatic rings. The van der Waals surface area contributed by atoms with Crippen molar-refractivity contribution in [3.8, 4) is 0 Å². The Morgan fingerprint density at radius 1 is 1.05 bits per heavy atom. The van der Waals surface area contributed by atoms with Crippen molar-refractivity contribution in [1.29, 1.82) is 0 Å². The Balaban J connectivity index is 2.73. The van der Waals surface area contributed by atoms with Crippen LogP contribution in [-0.4, -0.2) is 35.0 Å². The van der Waals surface area contributed by atoms with Gasteiger partial charge in [0.15, 0.2) is 0 Å². The predicted octanol–water partition coefficient (Wildman–Crippen LogP) is 4.21. The van der Waals surface area contributed by atoms with Gasteiger partial charge in [0.25, 0.3) is 0 Å². The monoisotopic (exact) mass is 305 g/mol. The second kappa shape index (κ2) is 8.61. The fourth-order valence-corrected chi connectivity index (χ4v) is 3.30. The van der Waals surface area contributed by atoms with Gasteiger partial charge in [-0.3, -0.25) is 0 Å². The lowest BCUT2D eigenvalue weighted by molar-refractivity contribution is 0.197. The lowest BCUT2D eigenvalue weighted by Crippen LogP contribution is -2.32. The minimum absolute atomic E-state index is 0.303. The molecule has 0 N–H and O–H groups in total. The van der Waals surface area contributed by atoms with E-state index in [-0.39, 0.29) is 0 Å². The molecule has 1 rings (SSSR count). The van der Waals surface area contributed by atoms with Crippen LogP contribution in [0.3, 0.4) is 0 Å². The molecule has 0 radical (unpaired) electrons. The molecule has 0 atom stereocenters. The van der Waals surface area contributed by atoms with Gasteiger partial charge in [0.1, 0.15) is 5.82 Å². The van der Waals surface area contributed by atoms with E-state index in [1.807, 2.05) is 0 Å². The molecule has 0 saturated heterocycles. The van der Waals surface area contributed by atoms with E-state index in [1.165, 1.54) is 29.9 Å². The molecule has 0 spiro atoms. The predicted molar refractivity (Wildman–Crippen MR) is 95.4 cm³/mol. The van der Waals surface area contributed by atoms with Crippen molar-refractivity contribution >= 4 is 0 Å². The van der Waals surface area contributed by atoms with E-state index in [9.17, 15) is 0 Å². The van der Waals surface area contributed by atoms with Crippen molar-refractivity contribution in [1.82, 2.24) is 14.9 Å². The van der Waals surface area contributed by atoms with Crippen molar-refractivity contribution in [3.05, 3.63) is 22.8 Å². The summed E-state index contributed by atoms with van der Waals surface area (Å²) >= 11 is 0. The first-order chi connectivity index (χ1) is 10.3. The van der Waals surface area contributed by atoms with Crippen LogP contribution in [0.5, 0.6) is 0 Å². The Kier molecular flexibility index (Phi) is 7.47. The first-order valence-electron chi connectivity index (χ1n) is 8.86. The van der Waals surface area contributed by atoms with E-state index in [2.05, 4.69) is 53.5 Å². The molecule has 3 nitrogen and oxygen atoms in total. The van der Waals surface area contributed by atoms with Crippen LogP contribution in [0.15, 0.2) is 0 Å². The normalized spacial score (nSPS) is 12.2. The SMILES string of the molecule is CCCN(C)CC(C)(C)CCc1nc(C)c(CC)c(CC)n1. The Hall–Kier alpha value is -0.960. The Morgan fingerprint density at radius 2 is 1.73 bits per heavy atom. The minimum atomic E-state index is 0.303. The number of hydrogen-bond donors (Lipinski definition) is 0. The van der Waals surface area contributed by atoms with Gasteiger partial charge in [-0.05, 0) is 57.2 Å². The molecule has 0 aliphatic carbocycles.